The van der Waals surface area contributed by atoms with Crippen molar-refractivity contribution >= 4 is 46.6 Å². The maximum Gasteiger partial charge on any atom is 0.259 e. The summed E-state index contributed by atoms with van der Waals surface area (Å²) in [7, 11) is 1.51. The molecule has 3 amide bonds. The van der Waals surface area contributed by atoms with E-state index in [1.54, 1.807) is 36.4 Å². The first-order valence-electron chi connectivity index (χ1n) is 11.3. The van der Waals surface area contributed by atoms with Crippen LogP contribution in [0.3, 0.4) is 0 Å². The van der Waals surface area contributed by atoms with Crippen molar-refractivity contribution in [3.8, 4) is 5.75 Å². The van der Waals surface area contributed by atoms with Gasteiger partial charge < -0.3 is 4.74 Å². The molecule has 1 aliphatic heterocycles. The number of carbonyl (C=O) groups excluding carboxylic acids is 3. The molecule has 1 heterocycles. The highest BCUT2D eigenvalue weighted by atomic mass is 35.5. The van der Waals surface area contributed by atoms with Gasteiger partial charge in [0.25, 0.3) is 5.91 Å². The van der Waals surface area contributed by atoms with Crippen LogP contribution in [0.2, 0.25) is 10.0 Å². The lowest BCUT2D eigenvalue weighted by atomic mass is 9.63. The fourth-order valence-corrected chi connectivity index (χ4v) is 6.49. The van der Waals surface area contributed by atoms with Crippen molar-refractivity contribution in [1.29, 1.82) is 0 Å². The molecule has 7 rings (SSSR count). The second-order valence-electron chi connectivity index (χ2n) is 9.43. The van der Waals surface area contributed by atoms with Gasteiger partial charge >= 0.3 is 0 Å². The van der Waals surface area contributed by atoms with E-state index in [-0.39, 0.29) is 47.2 Å². The fourth-order valence-electron chi connectivity index (χ4n) is 6.19. The zero-order chi connectivity index (χ0) is 23.7. The molecule has 0 N–H and O–H groups in total. The minimum absolute atomic E-state index is 0.118. The molecule has 2 aromatic carbocycles. The van der Waals surface area contributed by atoms with Crippen LogP contribution in [0.15, 0.2) is 54.6 Å². The number of ether oxygens (including phenoxy) is 1. The van der Waals surface area contributed by atoms with Gasteiger partial charge in [-0.25, -0.2) is 0 Å². The highest BCUT2D eigenvalue weighted by molar-refractivity contribution is 6.42. The minimum Gasteiger partial charge on any atom is -0.495 e. The Morgan fingerprint density at radius 3 is 2.26 bits per heavy atom. The Morgan fingerprint density at radius 2 is 1.65 bits per heavy atom. The van der Waals surface area contributed by atoms with E-state index < -0.39 is 5.91 Å². The van der Waals surface area contributed by atoms with Crippen LogP contribution in [0.5, 0.6) is 5.75 Å². The van der Waals surface area contributed by atoms with Gasteiger partial charge in [0.2, 0.25) is 11.8 Å². The summed E-state index contributed by atoms with van der Waals surface area (Å²) in [4.78, 5) is 43.5. The van der Waals surface area contributed by atoms with E-state index in [0.29, 0.717) is 33.9 Å². The van der Waals surface area contributed by atoms with Gasteiger partial charge in [0.15, 0.2) is 0 Å². The molecule has 8 heteroatoms. The van der Waals surface area contributed by atoms with E-state index in [4.69, 9.17) is 27.9 Å². The van der Waals surface area contributed by atoms with Gasteiger partial charge in [-0.05, 0) is 60.4 Å². The van der Waals surface area contributed by atoms with Crippen molar-refractivity contribution in [3.05, 3.63) is 70.2 Å². The third-order valence-corrected chi connectivity index (χ3v) is 8.56. The molecular weight excluding hydrogens is 475 g/mol. The van der Waals surface area contributed by atoms with Crippen molar-refractivity contribution in [1.82, 2.24) is 4.90 Å². The van der Waals surface area contributed by atoms with Crippen molar-refractivity contribution in [2.75, 3.05) is 18.7 Å². The zero-order valence-electron chi connectivity index (χ0n) is 18.4. The Morgan fingerprint density at radius 1 is 1.00 bits per heavy atom. The maximum atomic E-state index is 13.7. The van der Waals surface area contributed by atoms with E-state index in [1.165, 1.54) is 23.0 Å². The molecule has 6 nitrogen and oxygen atoms in total. The van der Waals surface area contributed by atoms with Crippen LogP contribution in [0, 0.1) is 35.5 Å². The SMILES string of the molecule is COc1ccccc1N(CN1C(=O)[C@H]2[C@@H]3C=C[C@H]([C@@H]4C[C@H]34)[C@@H]2C1=O)C(=O)c1ccc(Cl)c(Cl)c1. The predicted molar refractivity (Wildman–Crippen MR) is 128 cm³/mol. The van der Waals surface area contributed by atoms with Crippen LogP contribution in [-0.4, -0.2) is 36.4 Å². The topological polar surface area (TPSA) is 66.9 Å². The highest BCUT2D eigenvalue weighted by Crippen LogP contribution is 2.65. The van der Waals surface area contributed by atoms with Gasteiger partial charge in [0.1, 0.15) is 12.4 Å². The Bertz CT molecular complexity index is 1230. The lowest BCUT2D eigenvalue weighted by Gasteiger charge is -2.37. The van der Waals surface area contributed by atoms with Gasteiger partial charge in [0, 0.05) is 5.56 Å². The average Bonchev–Trinajstić information content (AvgIpc) is 3.64. The molecule has 2 aromatic rings. The summed E-state index contributed by atoms with van der Waals surface area (Å²) >= 11 is 12.2. The number of hydrogen-bond donors (Lipinski definition) is 0. The molecule has 0 unspecified atom stereocenters. The van der Waals surface area contributed by atoms with Crippen LogP contribution in [0.4, 0.5) is 5.69 Å². The first-order valence-corrected chi connectivity index (χ1v) is 12.1. The van der Waals surface area contributed by atoms with Gasteiger partial charge in [-0.1, -0.05) is 47.5 Å². The maximum absolute atomic E-state index is 13.7. The first kappa shape index (κ1) is 21.7. The molecular formula is C26H22Cl2N2O4. The third kappa shape index (κ3) is 3.12. The van der Waals surface area contributed by atoms with Crippen molar-refractivity contribution in [2.24, 2.45) is 35.5 Å². The minimum atomic E-state index is -0.414. The second kappa shape index (κ2) is 7.85. The fraction of sp³-hybridized carbons (Fsp3) is 0.346. The Labute approximate surface area is 207 Å². The summed E-state index contributed by atoms with van der Waals surface area (Å²) in [5.41, 5.74) is 0.750. The smallest absolute Gasteiger partial charge is 0.259 e. The normalized spacial score (nSPS) is 30.3. The third-order valence-electron chi connectivity index (χ3n) is 7.82. The molecule has 0 radical (unpaired) electrons. The van der Waals surface area contributed by atoms with Crippen molar-refractivity contribution in [2.45, 2.75) is 6.42 Å². The summed E-state index contributed by atoms with van der Waals surface area (Å²) in [6.07, 6.45) is 5.36. The molecule has 2 bridgehead atoms. The van der Waals surface area contributed by atoms with E-state index in [2.05, 4.69) is 12.2 Å². The molecule has 1 saturated heterocycles. The summed E-state index contributed by atoms with van der Waals surface area (Å²) in [6.45, 7) is -0.196. The highest BCUT2D eigenvalue weighted by Gasteiger charge is 2.67. The van der Waals surface area contributed by atoms with Gasteiger partial charge in [-0.3, -0.25) is 24.2 Å². The summed E-state index contributed by atoms with van der Waals surface area (Å²) in [5.74, 6) is 0.253. The van der Waals surface area contributed by atoms with Crippen LogP contribution < -0.4 is 9.64 Å². The van der Waals surface area contributed by atoms with Crippen LogP contribution >= 0.6 is 23.2 Å². The largest absolute Gasteiger partial charge is 0.495 e. The predicted octanol–water partition coefficient (Wildman–Crippen LogP) is 4.66. The molecule has 0 spiro atoms. The number of likely N-dealkylation sites (tertiary alicyclic amines) is 1. The number of rotatable bonds is 5. The zero-order valence-corrected chi connectivity index (χ0v) is 19.9. The van der Waals surface area contributed by atoms with Gasteiger partial charge in [0.05, 0.1) is 34.7 Å². The van der Waals surface area contributed by atoms with Crippen molar-refractivity contribution < 1.29 is 19.1 Å². The number of hydrogen-bond acceptors (Lipinski definition) is 4. The Balaban J connectivity index is 1.37. The van der Waals surface area contributed by atoms with Gasteiger partial charge in [-0.2, -0.15) is 0 Å². The second-order valence-corrected chi connectivity index (χ2v) is 10.2. The molecule has 4 aliphatic carbocycles. The molecule has 174 valence electrons. The van der Waals surface area contributed by atoms with Crippen molar-refractivity contribution in [3.63, 3.8) is 0 Å². The lowest BCUT2D eigenvalue weighted by Crippen LogP contribution is -2.45. The number of amides is 3. The monoisotopic (exact) mass is 496 g/mol. The number of allylic oxidation sites excluding steroid dienone is 2. The molecule has 6 atom stereocenters. The quantitative estimate of drug-likeness (QED) is 0.445. The number of anilines is 1. The van der Waals surface area contributed by atoms with E-state index >= 15 is 0 Å². The van der Waals surface area contributed by atoms with Crippen LogP contribution in [0.1, 0.15) is 16.8 Å². The number of methoxy groups -OCH3 is 1. The standard InChI is InChI=1S/C26H22Cl2N2O4/c1-34-21-5-3-2-4-20(21)29(24(31)13-6-9-18(27)19(28)10-13)12-30-25(32)22-14-7-8-15(17-11-16(14)17)23(22)26(30)33/h2-10,14-17,22-23H,11-12H2,1H3/t14-,15-,16-,17+,22+,23+/m1/s1. The number of para-hydroxylation sites is 2. The number of halogens is 2. The molecule has 0 aromatic heterocycles. The van der Waals surface area contributed by atoms with Crippen LogP contribution in [-0.2, 0) is 9.59 Å². The molecule has 2 saturated carbocycles. The lowest BCUT2D eigenvalue weighted by molar-refractivity contribution is -0.140. The number of carbonyl (C=O) groups is 3. The van der Waals surface area contributed by atoms with E-state index in [0.717, 1.165) is 6.42 Å². The number of nitrogens with zero attached hydrogens (tertiary/aromatic N) is 2. The van der Waals surface area contributed by atoms with E-state index in [1.807, 2.05) is 0 Å². The molecule has 3 fully saturated rings. The number of benzene rings is 2. The molecule has 5 aliphatic rings. The summed E-state index contributed by atoms with van der Waals surface area (Å²) < 4.78 is 5.49. The average molecular weight is 497 g/mol. The first-order chi connectivity index (χ1) is 16.4. The molecule has 34 heavy (non-hydrogen) atoms. The van der Waals surface area contributed by atoms with Crippen LogP contribution in [0.25, 0.3) is 0 Å². The van der Waals surface area contributed by atoms with Gasteiger partial charge in [-0.15, -0.1) is 0 Å². The Kier molecular flexibility index (Phi) is 5.01. The summed E-state index contributed by atoms with van der Waals surface area (Å²) in [6, 6.07) is 11.6. The summed E-state index contributed by atoms with van der Waals surface area (Å²) in [5, 5.41) is 0.575. The Hall–Kier alpha value is -2.83. The number of imide groups is 1. The van der Waals surface area contributed by atoms with E-state index in [9.17, 15) is 14.4 Å².